The van der Waals surface area contributed by atoms with Crippen LogP contribution >= 0.6 is 0 Å². The third-order valence-corrected chi connectivity index (χ3v) is 64.1. The van der Waals surface area contributed by atoms with E-state index in [0.717, 1.165) is 28.2 Å². The number of hydrogen-bond acceptors (Lipinski definition) is 2. The molecule has 0 N–H and O–H groups in total. The minimum atomic E-state index is -1.43. The van der Waals surface area contributed by atoms with E-state index in [0.29, 0.717) is 0 Å². The van der Waals surface area contributed by atoms with E-state index in [-0.39, 0.29) is 0 Å². The highest BCUT2D eigenvalue weighted by atomic mass is 29.9. The Morgan fingerprint density at radius 2 is 1.15 bits per heavy atom. The van der Waals surface area contributed by atoms with Crippen LogP contribution in [0.1, 0.15) is 34.1 Å². The van der Waals surface area contributed by atoms with Gasteiger partial charge in [0.15, 0.2) is 0 Å². The minimum Gasteiger partial charge on any atom is -0.313 e. The summed E-state index contributed by atoms with van der Waals surface area (Å²) in [5, 5.41) is 3.24. The Bertz CT molecular complexity index is 609. The second-order valence-electron chi connectivity index (χ2n) is 9.63. The molecule has 12 radical (unpaired) electrons. The second-order valence-corrected chi connectivity index (χ2v) is 49.6. The molecule has 1 aromatic heterocycles. The summed E-state index contributed by atoms with van der Waals surface area (Å²) in [6.07, 6.45) is 1.42. The molecule has 0 spiro atoms. The van der Waals surface area contributed by atoms with E-state index in [1.807, 2.05) is 0 Å². The highest BCUT2D eigenvalue weighted by molar-refractivity contribution is 7.70. The van der Waals surface area contributed by atoms with Crippen molar-refractivity contribution in [2.24, 2.45) is 0 Å². The lowest BCUT2D eigenvalue weighted by atomic mass is 10.6. The lowest BCUT2D eigenvalue weighted by Crippen LogP contribution is -2.66. The molecule has 0 aliphatic carbocycles. The molecule has 0 bridgehead atoms. The van der Waals surface area contributed by atoms with Gasteiger partial charge >= 0.3 is 0 Å². The maximum Gasteiger partial charge on any atom is 0.132 e. The summed E-state index contributed by atoms with van der Waals surface area (Å²) in [6.45, 7) is 20.2. The van der Waals surface area contributed by atoms with E-state index in [1.165, 1.54) is 18.5 Å². The van der Waals surface area contributed by atoms with Crippen molar-refractivity contribution in [3.05, 3.63) is 0 Å². The molecule has 0 atom stereocenters. The molecular formula is C15H32N2Si10. The van der Waals surface area contributed by atoms with Crippen LogP contribution < -0.4 is 10.6 Å². The van der Waals surface area contributed by atoms with Crippen LogP contribution in [-0.4, -0.2) is 92.9 Å². The highest BCUT2D eigenvalue weighted by Gasteiger charge is 2.42. The standard InChI is InChI=1S/C15H32N2Si10/c1-12(2)22(20-18)24-16-14-15(17-25(24)23(21-19)13(3)4)27(7,8)11-9-10-26(14,5)6/h12-13H,9-11H2,1-8H3. The van der Waals surface area contributed by atoms with E-state index < -0.39 is 47.0 Å². The van der Waals surface area contributed by atoms with Crippen molar-refractivity contribution in [2.45, 2.75) is 83.5 Å². The first kappa shape index (κ1) is 24.8. The Labute approximate surface area is 186 Å². The molecule has 0 saturated carbocycles. The molecule has 0 unspecified atom stereocenters. The third-order valence-electron chi connectivity index (χ3n) is 5.72. The molecule has 1 aromatic rings. The smallest absolute Gasteiger partial charge is 0.132 e. The SMILES string of the molecule is CC(C)[Si]([Si][Si])[si]1nc2c(n[si]1[Si]([Si][Si])C(C)C)[Si](C)(C)CCC[Si]2(C)C. The van der Waals surface area contributed by atoms with Crippen LogP contribution in [0.5, 0.6) is 0 Å². The minimum absolute atomic E-state index is 0.445. The largest absolute Gasteiger partial charge is 0.313 e. The van der Waals surface area contributed by atoms with Gasteiger partial charge in [-0.15, -0.1) is 0 Å². The van der Waals surface area contributed by atoms with Crippen molar-refractivity contribution in [2.75, 3.05) is 0 Å². The third kappa shape index (κ3) is 5.41. The molecule has 12 heteroatoms. The average molecular weight is 521 g/mol. The molecule has 0 fully saturated rings. The number of fused-ring (bicyclic) bond motifs is 1. The lowest BCUT2D eigenvalue weighted by molar-refractivity contribution is 1.03. The zero-order chi connectivity index (χ0) is 20.6. The van der Waals surface area contributed by atoms with Gasteiger partial charge in [-0.05, 0) is 0 Å². The molecule has 2 nitrogen and oxygen atoms in total. The molecule has 0 aromatic carbocycles. The van der Waals surface area contributed by atoms with Crippen LogP contribution in [0.2, 0.25) is 49.4 Å². The van der Waals surface area contributed by atoms with Gasteiger partial charge in [0.25, 0.3) is 0 Å². The molecule has 142 valence electrons. The Morgan fingerprint density at radius 3 is 1.41 bits per heavy atom. The summed E-state index contributed by atoms with van der Waals surface area (Å²) < 4.78 is 11.8. The van der Waals surface area contributed by atoms with Crippen molar-refractivity contribution in [3.8, 4) is 0 Å². The second kappa shape index (κ2) is 9.76. The van der Waals surface area contributed by atoms with Crippen LogP contribution in [-0.2, 0) is 0 Å². The highest BCUT2D eigenvalue weighted by Crippen LogP contribution is 2.23. The predicted molar refractivity (Wildman–Crippen MR) is 138 cm³/mol. The van der Waals surface area contributed by atoms with Gasteiger partial charge in [0.1, 0.15) is 31.3 Å². The van der Waals surface area contributed by atoms with Crippen LogP contribution in [0, 0.1) is 0 Å². The van der Waals surface area contributed by atoms with Gasteiger partial charge in [-0.25, -0.2) is 0 Å². The van der Waals surface area contributed by atoms with E-state index in [9.17, 15) is 0 Å². The first-order valence-corrected chi connectivity index (χ1v) is 32.5. The van der Waals surface area contributed by atoms with Gasteiger partial charge in [-0.1, -0.05) is 83.5 Å². The fourth-order valence-corrected chi connectivity index (χ4v) is 84.5. The van der Waals surface area contributed by atoms with E-state index in [4.69, 9.17) is 9.28 Å². The van der Waals surface area contributed by atoms with Crippen molar-refractivity contribution < 1.29 is 0 Å². The fourth-order valence-electron chi connectivity index (χ4n) is 3.92. The maximum absolute atomic E-state index is 5.90. The average Bonchev–Trinajstić information content (AvgIpc) is 2.63. The van der Waals surface area contributed by atoms with Gasteiger partial charge in [0.05, 0.1) is 15.7 Å². The van der Waals surface area contributed by atoms with E-state index in [2.05, 4.69) is 73.4 Å². The fraction of sp³-hybridized carbons (Fsp3) is 0.867. The van der Waals surface area contributed by atoms with Crippen LogP contribution in [0.4, 0.5) is 0 Å². The van der Waals surface area contributed by atoms with Crippen LogP contribution in [0.3, 0.4) is 0 Å². The lowest BCUT2D eigenvalue weighted by Gasteiger charge is -2.31. The summed E-state index contributed by atoms with van der Waals surface area (Å²) in [5.74, 6) is 0. The Balaban J connectivity index is 2.84. The number of aromatic nitrogens is 2. The first-order chi connectivity index (χ1) is 12.5. The van der Waals surface area contributed by atoms with Crippen LogP contribution in [0.15, 0.2) is 0 Å². The summed E-state index contributed by atoms with van der Waals surface area (Å²) in [4.78, 5) is 0. The Hall–Kier alpha value is 1.51. The number of rotatable bonds is 6. The van der Waals surface area contributed by atoms with Gasteiger partial charge in [0.2, 0.25) is 0 Å². The number of hydrogen-bond donors (Lipinski definition) is 0. The molecule has 0 saturated heterocycles. The predicted octanol–water partition coefficient (Wildman–Crippen LogP) is 0.831. The number of nitrogens with zero attached hydrogens (tertiary/aromatic N) is 2. The topological polar surface area (TPSA) is 25.8 Å². The van der Waals surface area contributed by atoms with Crippen molar-refractivity contribution in [3.63, 3.8) is 0 Å². The van der Waals surface area contributed by atoms with E-state index in [1.54, 1.807) is 10.6 Å². The quantitative estimate of drug-likeness (QED) is 0.519. The molecular weight excluding hydrogens is 489 g/mol. The van der Waals surface area contributed by atoms with Gasteiger partial charge in [-0.2, -0.15) is 0 Å². The van der Waals surface area contributed by atoms with E-state index >= 15 is 0 Å². The summed E-state index contributed by atoms with van der Waals surface area (Å²) in [5.41, 5.74) is 1.63. The van der Waals surface area contributed by atoms with Crippen molar-refractivity contribution >= 4 is 94.2 Å². The zero-order valence-corrected chi connectivity index (χ0v) is 28.2. The summed E-state index contributed by atoms with van der Waals surface area (Å²) in [7, 11) is 4.77. The molecule has 2 heterocycles. The Kier molecular flexibility index (Phi) is 8.95. The van der Waals surface area contributed by atoms with Gasteiger partial charge in [-0.3, -0.25) is 0 Å². The Morgan fingerprint density at radius 1 is 0.815 bits per heavy atom. The van der Waals surface area contributed by atoms with Crippen LogP contribution in [0.25, 0.3) is 0 Å². The van der Waals surface area contributed by atoms with Crippen molar-refractivity contribution in [1.29, 1.82) is 0 Å². The molecule has 1 aliphatic rings. The maximum atomic E-state index is 5.90. The summed E-state index contributed by atoms with van der Waals surface area (Å²) >= 11 is 0. The monoisotopic (exact) mass is 520 g/mol. The van der Waals surface area contributed by atoms with Gasteiger partial charge in [0, 0.05) is 47.3 Å². The normalized spacial score (nSPS) is 19.0. The zero-order valence-electron chi connectivity index (χ0n) is 18.2. The molecule has 0 amide bonds. The molecule has 1 aliphatic heterocycles. The molecule has 27 heavy (non-hydrogen) atoms. The summed E-state index contributed by atoms with van der Waals surface area (Å²) in [6, 6.07) is 2.86. The van der Waals surface area contributed by atoms with Crippen molar-refractivity contribution in [1.82, 2.24) is 9.28 Å². The molecule has 2 rings (SSSR count). The first-order valence-electron chi connectivity index (χ1n) is 9.99. The van der Waals surface area contributed by atoms with Gasteiger partial charge < -0.3 is 9.28 Å².